The molecule has 2 N–H and O–H groups in total. The molecule has 7 atom stereocenters. The summed E-state index contributed by atoms with van der Waals surface area (Å²) in [7, 11) is 1.95. The number of phenolic OH excluding ortho intramolecular Hbond substituents is 1. The monoisotopic (exact) mass is 415 g/mol. The van der Waals surface area contributed by atoms with E-state index in [9.17, 15) is 15.0 Å². The summed E-state index contributed by atoms with van der Waals surface area (Å²) in [5.41, 5.74) is 1.04. The minimum absolute atomic E-state index is 0.0214. The molecule has 2 aliphatic heterocycles. The van der Waals surface area contributed by atoms with Crippen molar-refractivity contribution >= 4 is 5.97 Å². The smallest absolute Gasteiger partial charge is 0.310 e. The Morgan fingerprint density at radius 3 is 2.70 bits per heavy atom. The number of fused-ring (bicyclic) bond motifs is 3. The highest BCUT2D eigenvalue weighted by Crippen LogP contribution is 2.62. The van der Waals surface area contributed by atoms with Crippen molar-refractivity contribution in [2.45, 2.75) is 56.8 Å². The van der Waals surface area contributed by atoms with Gasteiger partial charge in [0.05, 0.1) is 24.2 Å². The second-order valence-corrected chi connectivity index (χ2v) is 10.4. The number of benzene rings is 1. The third-order valence-electron chi connectivity index (χ3n) is 8.35. The van der Waals surface area contributed by atoms with Crippen LogP contribution in [0.2, 0.25) is 0 Å². The fourth-order valence-electron chi connectivity index (χ4n) is 6.67. The maximum Gasteiger partial charge on any atom is 0.310 e. The largest absolute Gasteiger partial charge is 0.508 e. The summed E-state index contributed by atoms with van der Waals surface area (Å²) >= 11 is 0. The van der Waals surface area contributed by atoms with Gasteiger partial charge in [-0.3, -0.25) is 4.79 Å². The molecule has 2 aliphatic carbocycles. The van der Waals surface area contributed by atoms with Crippen molar-refractivity contribution in [1.82, 2.24) is 4.90 Å². The summed E-state index contributed by atoms with van der Waals surface area (Å²) in [6.45, 7) is 4.27. The van der Waals surface area contributed by atoms with E-state index in [0.29, 0.717) is 19.0 Å². The van der Waals surface area contributed by atoms with E-state index in [-0.39, 0.29) is 40.7 Å². The lowest BCUT2D eigenvalue weighted by Gasteiger charge is -2.51. The number of phenols is 1. The van der Waals surface area contributed by atoms with E-state index in [4.69, 9.17) is 9.47 Å². The molecule has 6 nitrogen and oxygen atoms in total. The lowest BCUT2D eigenvalue weighted by atomic mass is 9.53. The minimum Gasteiger partial charge on any atom is -0.508 e. The molecule has 1 aromatic carbocycles. The summed E-state index contributed by atoms with van der Waals surface area (Å²) in [5, 5.41) is 20.0. The highest BCUT2D eigenvalue weighted by atomic mass is 16.6. The number of nitrogens with zero attached hydrogens (tertiary/aromatic N) is 1. The van der Waals surface area contributed by atoms with Gasteiger partial charge in [-0.05, 0) is 68.2 Å². The highest BCUT2D eigenvalue weighted by molar-refractivity contribution is 5.75. The first kappa shape index (κ1) is 20.3. The first-order chi connectivity index (χ1) is 14.3. The van der Waals surface area contributed by atoms with Gasteiger partial charge in [-0.2, -0.15) is 0 Å². The van der Waals surface area contributed by atoms with Crippen molar-refractivity contribution in [2.75, 3.05) is 26.7 Å². The lowest BCUT2D eigenvalue weighted by molar-refractivity contribution is -0.147. The highest BCUT2D eigenvalue weighted by Gasteiger charge is 2.65. The number of esters is 1. The number of rotatable bonds is 5. The Hall–Kier alpha value is -1.63. The zero-order valence-electron chi connectivity index (χ0n) is 17.9. The Morgan fingerprint density at radius 2 is 2.00 bits per heavy atom. The van der Waals surface area contributed by atoms with Gasteiger partial charge in [0.2, 0.25) is 0 Å². The van der Waals surface area contributed by atoms with Gasteiger partial charge < -0.3 is 24.6 Å². The predicted octanol–water partition coefficient (Wildman–Crippen LogP) is 2.88. The molecule has 1 aromatic rings. The standard InChI is InChI=1S/C24H33NO5/c1-23-8-3-9-24(14-29-24)21(23)10-17-18(22(28)30-20(17)11-23)12-25(2)13-19(27)15-4-6-16(26)7-5-15/h4-7,17-21,26-27H,3,8-14H2,1-2H3/t17-,18-,19-,20+,21+,23+,24+/m0/s1. The molecule has 0 amide bonds. The van der Waals surface area contributed by atoms with Gasteiger partial charge in [0, 0.05) is 19.0 Å². The van der Waals surface area contributed by atoms with E-state index in [2.05, 4.69) is 6.92 Å². The van der Waals surface area contributed by atoms with Crippen molar-refractivity contribution < 1.29 is 24.5 Å². The maximum atomic E-state index is 12.8. The van der Waals surface area contributed by atoms with Crippen LogP contribution in [0.4, 0.5) is 0 Å². The molecule has 164 valence electrons. The second-order valence-electron chi connectivity index (χ2n) is 10.4. The van der Waals surface area contributed by atoms with Crippen LogP contribution in [0.1, 0.15) is 50.7 Å². The molecule has 0 bridgehead atoms. The number of aliphatic hydroxyl groups is 1. The zero-order chi connectivity index (χ0) is 21.1. The molecule has 0 radical (unpaired) electrons. The fourth-order valence-corrected chi connectivity index (χ4v) is 6.67. The van der Waals surface area contributed by atoms with Gasteiger partial charge in [0.25, 0.3) is 0 Å². The Balaban J connectivity index is 1.26. The van der Waals surface area contributed by atoms with Crippen LogP contribution in [0, 0.1) is 23.2 Å². The topological polar surface area (TPSA) is 82.5 Å². The molecule has 2 saturated heterocycles. The molecule has 2 heterocycles. The summed E-state index contributed by atoms with van der Waals surface area (Å²) in [4.78, 5) is 14.8. The average molecular weight is 416 g/mol. The van der Waals surface area contributed by atoms with Crippen LogP contribution in [0.3, 0.4) is 0 Å². The van der Waals surface area contributed by atoms with Crippen LogP contribution in [0.25, 0.3) is 0 Å². The second kappa shape index (κ2) is 7.21. The summed E-state index contributed by atoms with van der Waals surface area (Å²) in [6, 6.07) is 6.62. The average Bonchev–Trinajstić information content (AvgIpc) is 3.40. The lowest BCUT2D eigenvalue weighted by Crippen LogP contribution is -2.51. The predicted molar refractivity (Wildman–Crippen MR) is 111 cm³/mol. The zero-order valence-corrected chi connectivity index (χ0v) is 17.9. The molecule has 30 heavy (non-hydrogen) atoms. The van der Waals surface area contributed by atoms with Crippen molar-refractivity contribution in [2.24, 2.45) is 23.2 Å². The number of hydrogen-bond acceptors (Lipinski definition) is 6. The Morgan fingerprint density at radius 1 is 1.27 bits per heavy atom. The number of aromatic hydroxyl groups is 1. The van der Waals surface area contributed by atoms with Crippen molar-refractivity contribution in [3.8, 4) is 5.75 Å². The molecule has 4 fully saturated rings. The Kier molecular flexibility index (Phi) is 4.88. The quantitative estimate of drug-likeness (QED) is 0.568. The Labute approximate surface area is 178 Å². The third kappa shape index (κ3) is 3.43. The number of likely N-dealkylation sites (N-methyl/N-ethyl adjacent to an activating group) is 1. The first-order valence-corrected chi connectivity index (χ1v) is 11.3. The summed E-state index contributed by atoms with van der Waals surface area (Å²) in [6.07, 6.45) is 4.88. The van der Waals surface area contributed by atoms with Gasteiger partial charge in [-0.15, -0.1) is 0 Å². The van der Waals surface area contributed by atoms with Crippen LogP contribution in [-0.4, -0.2) is 59.5 Å². The van der Waals surface area contributed by atoms with Gasteiger partial charge in [-0.1, -0.05) is 19.1 Å². The number of aliphatic hydroxyl groups excluding tert-OH is 1. The first-order valence-electron chi connectivity index (χ1n) is 11.3. The van der Waals surface area contributed by atoms with Crippen LogP contribution >= 0.6 is 0 Å². The number of carbonyl (C=O) groups is 1. The fraction of sp³-hybridized carbons (Fsp3) is 0.708. The summed E-state index contributed by atoms with van der Waals surface area (Å²) < 4.78 is 11.9. The summed E-state index contributed by atoms with van der Waals surface area (Å²) in [5.74, 6) is 0.717. The molecule has 1 spiro atoms. The van der Waals surface area contributed by atoms with Crippen LogP contribution in [0.15, 0.2) is 24.3 Å². The number of hydrogen-bond donors (Lipinski definition) is 2. The normalized spacial score (nSPS) is 40.7. The SMILES string of the molecule is CN(C[C@@H]1C(=O)O[C@@H]2C[C@@]3(C)CCC[C@@]4(CO4)[C@@H]3C[C@@H]12)C[C@H](O)c1ccc(O)cc1. The number of carbonyl (C=O) groups excluding carboxylic acids is 1. The van der Waals surface area contributed by atoms with Crippen molar-refractivity contribution in [3.63, 3.8) is 0 Å². The van der Waals surface area contributed by atoms with Crippen molar-refractivity contribution in [3.05, 3.63) is 29.8 Å². The van der Waals surface area contributed by atoms with Gasteiger partial charge >= 0.3 is 5.97 Å². The molecular formula is C24H33NO5. The maximum absolute atomic E-state index is 12.8. The van der Waals surface area contributed by atoms with E-state index < -0.39 is 6.10 Å². The minimum atomic E-state index is -0.667. The Bertz CT molecular complexity index is 806. The number of epoxide rings is 1. The molecular weight excluding hydrogens is 382 g/mol. The van der Waals surface area contributed by atoms with Crippen molar-refractivity contribution in [1.29, 1.82) is 0 Å². The van der Waals surface area contributed by atoms with E-state index >= 15 is 0 Å². The van der Waals surface area contributed by atoms with E-state index in [0.717, 1.165) is 31.4 Å². The van der Waals surface area contributed by atoms with E-state index in [1.54, 1.807) is 24.3 Å². The van der Waals surface area contributed by atoms with Gasteiger partial charge in [-0.25, -0.2) is 0 Å². The molecule has 2 saturated carbocycles. The van der Waals surface area contributed by atoms with Gasteiger partial charge in [0.1, 0.15) is 11.9 Å². The molecule has 5 rings (SSSR count). The molecule has 0 aromatic heterocycles. The van der Waals surface area contributed by atoms with E-state index in [1.165, 1.54) is 12.8 Å². The number of ether oxygens (including phenoxy) is 2. The molecule has 0 unspecified atom stereocenters. The third-order valence-corrected chi connectivity index (χ3v) is 8.35. The molecule has 4 aliphatic rings. The van der Waals surface area contributed by atoms with Gasteiger partial charge in [0.15, 0.2) is 0 Å². The van der Waals surface area contributed by atoms with E-state index in [1.807, 2.05) is 11.9 Å². The molecule has 6 heteroatoms. The van der Waals surface area contributed by atoms with Crippen LogP contribution in [-0.2, 0) is 14.3 Å². The van der Waals surface area contributed by atoms with Crippen LogP contribution < -0.4 is 0 Å². The van der Waals surface area contributed by atoms with Crippen LogP contribution in [0.5, 0.6) is 5.75 Å².